The van der Waals surface area contributed by atoms with E-state index in [-0.39, 0.29) is 5.13 Å². The van der Waals surface area contributed by atoms with E-state index in [0.29, 0.717) is 37.8 Å². The first-order valence-corrected chi connectivity index (χ1v) is 5.61. The van der Waals surface area contributed by atoms with E-state index in [1.54, 1.807) is 4.90 Å². The standard InChI is InChI=1S/C8H13F3N4OS/c1-16-5-4-15(3-2-12)7-13-6(14-17-7)8(9,10)11/h2-5,12H2,1H3. The summed E-state index contributed by atoms with van der Waals surface area (Å²) in [5.41, 5.74) is 5.38. The monoisotopic (exact) mass is 270 g/mol. The van der Waals surface area contributed by atoms with Gasteiger partial charge in [-0.15, -0.1) is 0 Å². The van der Waals surface area contributed by atoms with Crippen molar-refractivity contribution in [2.45, 2.75) is 6.18 Å². The van der Waals surface area contributed by atoms with Crippen LogP contribution >= 0.6 is 11.5 Å². The number of aromatic nitrogens is 2. The first-order valence-electron chi connectivity index (χ1n) is 4.84. The van der Waals surface area contributed by atoms with Gasteiger partial charge >= 0.3 is 6.18 Å². The second-order valence-electron chi connectivity index (χ2n) is 3.17. The Kier molecular flexibility index (Phi) is 5.09. The molecular formula is C8H13F3N4OS. The molecule has 0 unspecified atom stereocenters. The van der Waals surface area contributed by atoms with Crippen LogP contribution < -0.4 is 10.6 Å². The van der Waals surface area contributed by atoms with Crippen LogP contribution in [0.2, 0.25) is 0 Å². The number of alkyl halides is 3. The van der Waals surface area contributed by atoms with Crippen LogP contribution in [0, 0.1) is 0 Å². The number of ether oxygens (including phenoxy) is 1. The predicted octanol–water partition coefficient (Wildman–Crippen LogP) is 0.968. The van der Waals surface area contributed by atoms with Crippen LogP contribution in [0.5, 0.6) is 0 Å². The molecule has 0 aliphatic carbocycles. The second kappa shape index (κ2) is 6.12. The molecule has 0 atom stereocenters. The Morgan fingerprint density at radius 2 is 2.12 bits per heavy atom. The van der Waals surface area contributed by atoms with E-state index in [1.165, 1.54) is 7.11 Å². The van der Waals surface area contributed by atoms with E-state index in [4.69, 9.17) is 10.5 Å². The van der Waals surface area contributed by atoms with Gasteiger partial charge in [0.2, 0.25) is 11.0 Å². The van der Waals surface area contributed by atoms with Crippen molar-refractivity contribution >= 4 is 16.7 Å². The van der Waals surface area contributed by atoms with Crippen LogP contribution in [0.25, 0.3) is 0 Å². The fourth-order valence-corrected chi connectivity index (χ4v) is 1.86. The van der Waals surface area contributed by atoms with Crippen molar-refractivity contribution in [2.24, 2.45) is 5.73 Å². The molecule has 0 fully saturated rings. The molecule has 5 nitrogen and oxygen atoms in total. The van der Waals surface area contributed by atoms with Crippen LogP contribution in [0.3, 0.4) is 0 Å². The highest BCUT2D eigenvalue weighted by molar-refractivity contribution is 7.09. The van der Waals surface area contributed by atoms with E-state index in [2.05, 4.69) is 9.36 Å². The van der Waals surface area contributed by atoms with Crippen LogP contribution in [-0.4, -0.2) is 42.7 Å². The lowest BCUT2D eigenvalue weighted by molar-refractivity contribution is -0.144. The molecule has 0 spiro atoms. The molecule has 2 N–H and O–H groups in total. The molecule has 1 aromatic heterocycles. The van der Waals surface area contributed by atoms with Crippen molar-refractivity contribution in [3.05, 3.63) is 5.82 Å². The van der Waals surface area contributed by atoms with E-state index in [0.717, 1.165) is 0 Å². The van der Waals surface area contributed by atoms with Crippen molar-refractivity contribution in [1.29, 1.82) is 0 Å². The fourth-order valence-electron chi connectivity index (χ4n) is 1.12. The summed E-state index contributed by atoms with van der Waals surface area (Å²) in [5.74, 6) is -1.11. The summed E-state index contributed by atoms with van der Waals surface area (Å²) in [7, 11) is 1.52. The summed E-state index contributed by atoms with van der Waals surface area (Å²) < 4.78 is 45.1. The minimum absolute atomic E-state index is 0.208. The maximum absolute atomic E-state index is 12.3. The summed E-state index contributed by atoms with van der Waals surface area (Å²) >= 11 is 0.709. The normalized spacial score (nSPS) is 11.8. The molecule has 9 heteroatoms. The largest absolute Gasteiger partial charge is 0.452 e. The lowest BCUT2D eigenvalue weighted by Gasteiger charge is -2.19. The lowest BCUT2D eigenvalue weighted by atomic mass is 10.5. The van der Waals surface area contributed by atoms with Crippen LogP contribution in [0.1, 0.15) is 5.82 Å². The van der Waals surface area contributed by atoms with Crippen molar-refractivity contribution < 1.29 is 17.9 Å². The molecule has 0 radical (unpaired) electrons. The molecule has 1 aromatic rings. The third kappa shape index (κ3) is 4.10. The molecule has 1 rings (SSSR count). The van der Waals surface area contributed by atoms with Crippen LogP contribution in [-0.2, 0) is 10.9 Å². The SMILES string of the molecule is COCCN(CCN)c1nc(C(F)(F)F)ns1. The minimum Gasteiger partial charge on any atom is -0.383 e. The van der Waals surface area contributed by atoms with Gasteiger partial charge in [-0.1, -0.05) is 0 Å². The Morgan fingerprint density at radius 1 is 1.41 bits per heavy atom. The maximum Gasteiger partial charge on any atom is 0.452 e. The molecular weight excluding hydrogens is 257 g/mol. The number of nitrogens with zero attached hydrogens (tertiary/aromatic N) is 3. The summed E-state index contributed by atoms with van der Waals surface area (Å²) in [4.78, 5) is 5.07. The molecule has 17 heavy (non-hydrogen) atoms. The third-order valence-corrected chi connectivity index (χ3v) is 2.68. The van der Waals surface area contributed by atoms with Gasteiger partial charge in [0.15, 0.2) is 0 Å². The van der Waals surface area contributed by atoms with Crippen molar-refractivity contribution in [2.75, 3.05) is 38.3 Å². The van der Waals surface area contributed by atoms with E-state index < -0.39 is 12.0 Å². The summed E-state index contributed by atoms with van der Waals surface area (Å²) in [6, 6.07) is 0. The zero-order valence-corrected chi connectivity index (χ0v) is 10.0. The van der Waals surface area contributed by atoms with E-state index in [1.807, 2.05) is 0 Å². The van der Waals surface area contributed by atoms with Gasteiger partial charge < -0.3 is 15.4 Å². The highest BCUT2D eigenvalue weighted by Crippen LogP contribution is 2.30. The molecule has 0 bridgehead atoms. The maximum atomic E-state index is 12.3. The van der Waals surface area contributed by atoms with Crippen molar-refractivity contribution in [3.63, 3.8) is 0 Å². The fraction of sp³-hybridized carbons (Fsp3) is 0.750. The Morgan fingerprint density at radius 3 is 2.59 bits per heavy atom. The molecule has 0 aromatic carbocycles. The molecule has 98 valence electrons. The van der Waals surface area contributed by atoms with Gasteiger partial charge in [0, 0.05) is 38.3 Å². The Labute approximate surface area is 101 Å². The van der Waals surface area contributed by atoms with Gasteiger partial charge in [0.25, 0.3) is 0 Å². The van der Waals surface area contributed by atoms with Crippen LogP contribution in [0.4, 0.5) is 18.3 Å². The first kappa shape index (κ1) is 14.1. The molecule has 0 saturated carbocycles. The van der Waals surface area contributed by atoms with Gasteiger partial charge in [-0.2, -0.15) is 22.5 Å². The number of hydrogen-bond acceptors (Lipinski definition) is 6. The Hall–Kier alpha value is -0.930. The number of anilines is 1. The smallest absolute Gasteiger partial charge is 0.383 e. The Balaban J connectivity index is 2.76. The quantitative estimate of drug-likeness (QED) is 0.834. The van der Waals surface area contributed by atoms with Gasteiger partial charge in [-0.05, 0) is 0 Å². The van der Waals surface area contributed by atoms with Crippen LogP contribution in [0.15, 0.2) is 0 Å². The zero-order chi connectivity index (χ0) is 12.9. The van der Waals surface area contributed by atoms with E-state index >= 15 is 0 Å². The minimum atomic E-state index is -4.51. The molecule has 0 aliphatic rings. The van der Waals surface area contributed by atoms with Gasteiger partial charge in [0.1, 0.15) is 0 Å². The summed E-state index contributed by atoms with van der Waals surface area (Å²) in [6.45, 7) is 1.56. The highest BCUT2D eigenvalue weighted by atomic mass is 32.1. The second-order valence-corrected chi connectivity index (χ2v) is 3.90. The first-order chi connectivity index (χ1) is 7.99. The number of methoxy groups -OCH3 is 1. The number of halogens is 3. The summed E-state index contributed by atoms with van der Waals surface area (Å²) in [5, 5.41) is 0.208. The van der Waals surface area contributed by atoms with Gasteiger partial charge in [-0.25, -0.2) is 0 Å². The predicted molar refractivity (Wildman–Crippen MR) is 58.1 cm³/mol. The molecule has 0 aliphatic heterocycles. The number of hydrogen-bond donors (Lipinski definition) is 1. The summed E-state index contributed by atoms with van der Waals surface area (Å²) in [6.07, 6.45) is -4.51. The van der Waals surface area contributed by atoms with Gasteiger partial charge in [0.05, 0.1) is 6.61 Å². The molecule has 1 heterocycles. The van der Waals surface area contributed by atoms with Crippen molar-refractivity contribution in [3.8, 4) is 0 Å². The Bertz CT molecular complexity index is 344. The molecule has 0 amide bonds. The lowest BCUT2D eigenvalue weighted by Crippen LogP contribution is -2.32. The van der Waals surface area contributed by atoms with E-state index in [9.17, 15) is 13.2 Å². The highest BCUT2D eigenvalue weighted by Gasteiger charge is 2.36. The topological polar surface area (TPSA) is 64.3 Å². The van der Waals surface area contributed by atoms with Gasteiger partial charge in [-0.3, -0.25) is 0 Å². The third-order valence-electron chi connectivity index (χ3n) is 1.90. The molecule has 0 saturated heterocycles. The number of nitrogens with two attached hydrogens (primary N) is 1. The average Bonchev–Trinajstić information content (AvgIpc) is 2.72. The van der Waals surface area contributed by atoms with Crippen molar-refractivity contribution in [1.82, 2.24) is 9.36 Å². The number of rotatable bonds is 6. The zero-order valence-electron chi connectivity index (χ0n) is 9.20. The average molecular weight is 270 g/mol.